The second-order valence-corrected chi connectivity index (χ2v) is 9.13. The molecular weight excluding hydrogens is 392 g/mol. The van der Waals surface area contributed by atoms with Gasteiger partial charge in [0, 0.05) is 19.0 Å². The van der Waals surface area contributed by atoms with Gasteiger partial charge in [-0.1, -0.05) is 30.3 Å². The predicted molar refractivity (Wildman–Crippen MR) is 114 cm³/mol. The van der Waals surface area contributed by atoms with Crippen LogP contribution in [0.3, 0.4) is 0 Å². The van der Waals surface area contributed by atoms with Gasteiger partial charge >= 0.3 is 0 Å². The fraction of sp³-hybridized carbons (Fsp3) is 0.381. The van der Waals surface area contributed by atoms with E-state index in [1.807, 2.05) is 31.2 Å². The van der Waals surface area contributed by atoms with Crippen molar-refractivity contribution in [2.45, 2.75) is 38.8 Å². The summed E-state index contributed by atoms with van der Waals surface area (Å²) in [6.07, 6.45) is 1.26. The number of hydrogen-bond acceptors (Lipinski definition) is 6. The van der Waals surface area contributed by atoms with Crippen molar-refractivity contribution in [1.29, 1.82) is 0 Å². The van der Waals surface area contributed by atoms with Crippen LogP contribution in [0.15, 0.2) is 42.5 Å². The number of hydrogen-bond donors (Lipinski definition) is 4. The van der Waals surface area contributed by atoms with Gasteiger partial charge in [0.25, 0.3) is 0 Å². The SMILES string of the molecule is CC(=O)Cc1cccc(C[C@@H](C)NC[C@H](O)c2ccc(O)c(NS(C)(=O)=O)c2)c1. The van der Waals surface area contributed by atoms with E-state index in [0.717, 1.165) is 23.8 Å². The van der Waals surface area contributed by atoms with Crippen LogP contribution in [0.2, 0.25) is 0 Å². The van der Waals surface area contributed by atoms with E-state index in [4.69, 9.17) is 0 Å². The molecule has 2 aromatic rings. The van der Waals surface area contributed by atoms with Crippen LogP contribution in [-0.2, 0) is 27.7 Å². The van der Waals surface area contributed by atoms with Gasteiger partial charge in [-0.2, -0.15) is 0 Å². The molecule has 0 aromatic heterocycles. The second kappa shape index (κ2) is 9.87. The number of aliphatic hydroxyl groups excluding tert-OH is 1. The highest BCUT2D eigenvalue weighted by Gasteiger charge is 2.14. The summed E-state index contributed by atoms with van der Waals surface area (Å²) in [5.41, 5.74) is 2.59. The summed E-state index contributed by atoms with van der Waals surface area (Å²) >= 11 is 0. The van der Waals surface area contributed by atoms with E-state index in [1.54, 1.807) is 13.0 Å². The highest BCUT2D eigenvalue weighted by Crippen LogP contribution is 2.27. The minimum atomic E-state index is -3.54. The molecule has 0 saturated heterocycles. The highest BCUT2D eigenvalue weighted by molar-refractivity contribution is 7.92. The molecule has 4 N–H and O–H groups in total. The standard InChI is InChI=1S/C21H28N2O5S/c1-14(9-16-5-4-6-17(11-16)10-15(2)24)22-13-21(26)18-7-8-20(25)19(12-18)23-29(3,27)28/h4-8,11-12,14,21-23,25-26H,9-10,13H2,1-3H3/t14-,21+/m1/s1. The topological polar surface area (TPSA) is 116 Å². The molecule has 0 radical (unpaired) electrons. The maximum absolute atomic E-state index is 11.4. The molecular formula is C21H28N2O5S. The van der Waals surface area contributed by atoms with Crippen LogP contribution in [-0.4, -0.2) is 43.3 Å². The van der Waals surface area contributed by atoms with Gasteiger partial charge in [-0.15, -0.1) is 0 Å². The van der Waals surface area contributed by atoms with Crippen LogP contribution in [0.25, 0.3) is 0 Å². The minimum absolute atomic E-state index is 0.0272. The smallest absolute Gasteiger partial charge is 0.229 e. The molecule has 0 unspecified atom stereocenters. The van der Waals surface area contributed by atoms with E-state index in [9.17, 15) is 23.4 Å². The van der Waals surface area contributed by atoms with Gasteiger partial charge < -0.3 is 15.5 Å². The molecule has 2 rings (SSSR count). The number of aliphatic hydroxyl groups is 1. The van der Waals surface area contributed by atoms with Gasteiger partial charge in [0.15, 0.2) is 0 Å². The molecule has 0 heterocycles. The zero-order valence-corrected chi connectivity index (χ0v) is 17.7. The van der Waals surface area contributed by atoms with Gasteiger partial charge in [-0.3, -0.25) is 9.52 Å². The Morgan fingerprint density at radius 3 is 2.48 bits per heavy atom. The number of phenolic OH excluding ortho intramolecular Hbond substituents is 1. The lowest BCUT2D eigenvalue weighted by atomic mass is 10.0. The molecule has 0 spiro atoms. The number of carbonyl (C=O) groups is 1. The number of aromatic hydroxyl groups is 1. The number of carbonyl (C=O) groups excluding carboxylic acids is 1. The molecule has 2 atom stereocenters. The third-order valence-electron chi connectivity index (χ3n) is 4.35. The second-order valence-electron chi connectivity index (χ2n) is 7.38. The predicted octanol–water partition coefficient (Wildman–Crippen LogP) is 2.15. The Hall–Kier alpha value is -2.42. The zero-order chi connectivity index (χ0) is 21.6. The molecule has 0 aliphatic rings. The molecule has 0 bridgehead atoms. The summed E-state index contributed by atoms with van der Waals surface area (Å²) in [6, 6.07) is 12.3. The van der Waals surface area contributed by atoms with Crippen molar-refractivity contribution in [2.75, 3.05) is 17.5 Å². The molecule has 0 saturated carbocycles. The van der Waals surface area contributed by atoms with Crippen molar-refractivity contribution in [1.82, 2.24) is 5.32 Å². The number of anilines is 1. The van der Waals surface area contributed by atoms with Crippen LogP contribution >= 0.6 is 0 Å². The molecule has 8 heteroatoms. The van der Waals surface area contributed by atoms with Crippen molar-refractivity contribution in [3.8, 4) is 5.75 Å². The number of nitrogens with one attached hydrogen (secondary N) is 2. The third kappa shape index (κ3) is 7.84. The van der Waals surface area contributed by atoms with Gasteiger partial charge in [0.2, 0.25) is 10.0 Å². The first-order valence-electron chi connectivity index (χ1n) is 9.33. The van der Waals surface area contributed by atoms with Crippen LogP contribution in [0.5, 0.6) is 5.75 Å². The van der Waals surface area contributed by atoms with E-state index in [2.05, 4.69) is 10.0 Å². The first kappa shape index (κ1) is 22.9. The maximum Gasteiger partial charge on any atom is 0.229 e. The van der Waals surface area contributed by atoms with Crippen LogP contribution in [0.4, 0.5) is 5.69 Å². The molecule has 2 aromatic carbocycles. The van der Waals surface area contributed by atoms with Gasteiger partial charge in [0.05, 0.1) is 18.0 Å². The fourth-order valence-corrected chi connectivity index (χ4v) is 3.62. The number of rotatable bonds is 10. The molecule has 7 nitrogen and oxygen atoms in total. The molecule has 0 aliphatic heterocycles. The van der Waals surface area contributed by atoms with Crippen molar-refractivity contribution in [2.24, 2.45) is 0 Å². The summed E-state index contributed by atoms with van der Waals surface area (Å²) < 4.78 is 25.0. The summed E-state index contributed by atoms with van der Waals surface area (Å²) in [6.45, 7) is 3.83. The number of sulfonamides is 1. The fourth-order valence-electron chi connectivity index (χ4n) is 3.05. The van der Waals surface area contributed by atoms with Crippen molar-refractivity contribution >= 4 is 21.5 Å². The highest BCUT2D eigenvalue weighted by atomic mass is 32.2. The van der Waals surface area contributed by atoms with Crippen LogP contribution in [0, 0.1) is 0 Å². The Balaban J connectivity index is 1.95. The molecule has 0 fully saturated rings. The average molecular weight is 421 g/mol. The Bertz CT molecular complexity index is 959. The van der Waals surface area contributed by atoms with Crippen LogP contribution in [0.1, 0.15) is 36.6 Å². The quantitative estimate of drug-likeness (QED) is 0.438. The number of phenols is 1. The zero-order valence-electron chi connectivity index (χ0n) is 16.8. The average Bonchev–Trinajstić information content (AvgIpc) is 2.60. The summed E-state index contributed by atoms with van der Waals surface area (Å²) in [4.78, 5) is 11.3. The Labute approximate surface area is 171 Å². The third-order valence-corrected chi connectivity index (χ3v) is 4.94. The molecule has 158 valence electrons. The summed E-state index contributed by atoms with van der Waals surface area (Å²) in [5, 5.41) is 23.5. The molecule has 0 aliphatic carbocycles. The number of Topliss-reactive ketones (excluding diaryl/α,β-unsaturated/α-hetero) is 1. The number of benzene rings is 2. The maximum atomic E-state index is 11.4. The molecule has 29 heavy (non-hydrogen) atoms. The Kier molecular flexibility index (Phi) is 7.78. The molecule has 0 amide bonds. The minimum Gasteiger partial charge on any atom is -0.506 e. The van der Waals surface area contributed by atoms with Crippen LogP contribution < -0.4 is 10.0 Å². The van der Waals surface area contributed by atoms with Crippen molar-refractivity contribution < 1.29 is 23.4 Å². The van der Waals surface area contributed by atoms with Gasteiger partial charge in [-0.05, 0) is 49.1 Å². The Morgan fingerprint density at radius 1 is 1.14 bits per heavy atom. The van der Waals surface area contributed by atoms with E-state index in [0.29, 0.717) is 12.0 Å². The normalized spacial score (nSPS) is 13.7. The first-order valence-corrected chi connectivity index (χ1v) is 11.2. The lowest BCUT2D eigenvalue weighted by molar-refractivity contribution is -0.116. The van der Waals surface area contributed by atoms with Crippen molar-refractivity contribution in [3.05, 3.63) is 59.2 Å². The Morgan fingerprint density at radius 2 is 1.83 bits per heavy atom. The van der Waals surface area contributed by atoms with Gasteiger partial charge in [-0.25, -0.2) is 8.42 Å². The van der Waals surface area contributed by atoms with E-state index >= 15 is 0 Å². The first-order chi connectivity index (χ1) is 13.5. The summed E-state index contributed by atoms with van der Waals surface area (Å²) in [7, 11) is -3.54. The number of ketones is 1. The monoisotopic (exact) mass is 420 g/mol. The van der Waals surface area contributed by atoms with E-state index < -0.39 is 16.1 Å². The van der Waals surface area contributed by atoms with Gasteiger partial charge in [0.1, 0.15) is 11.5 Å². The van der Waals surface area contributed by atoms with Crippen molar-refractivity contribution in [3.63, 3.8) is 0 Å². The van der Waals surface area contributed by atoms with E-state index in [-0.39, 0.29) is 29.8 Å². The lowest BCUT2D eigenvalue weighted by Gasteiger charge is -2.19. The largest absolute Gasteiger partial charge is 0.506 e. The van der Waals surface area contributed by atoms with E-state index in [1.165, 1.54) is 12.1 Å². The lowest BCUT2D eigenvalue weighted by Crippen LogP contribution is -2.32. The summed E-state index contributed by atoms with van der Waals surface area (Å²) in [5.74, 6) is -0.0896.